The maximum atomic E-state index is 14.1. The zero-order valence-electron chi connectivity index (χ0n) is 21.0. The van der Waals surface area contributed by atoms with Gasteiger partial charge in [-0.1, -0.05) is 54.6 Å². The van der Waals surface area contributed by atoms with Crippen molar-refractivity contribution < 1.29 is 19.4 Å². The molecule has 1 atom stereocenters. The predicted octanol–water partition coefficient (Wildman–Crippen LogP) is 6.53. The number of amides is 1. The fraction of sp³-hybridized carbons (Fsp3) is 0.167. The second-order valence-corrected chi connectivity index (χ2v) is 9.96. The molecular weight excluding hydrogens is 484 g/mol. The number of ketones is 1. The van der Waals surface area contributed by atoms with Gasteiger partial charge in [0.15, 0.2) is 5.76 Å². The maximum absolute atomic E-state index is 14.1. The second kappa shape index (κ2) is 9.67. The first-order valence-corrected chi connectivity index (χ1v) is 12.7. The van der Waals surface area contributed by atoms with Gasteiger partial charge in [0.1, 0.15) is 10.8 Å². The third-order valence-corrected chi connectivity index (χ3v) is 7.93. The number of aryl methyl sites for hydroxylation is 2. The summed E-state index contributed by atoms with van der Waals surface area (Å²) in [4.78, 5) is 34.2. The summed E-state index contributed by atoms with van der Waals surface area (Å²) in [6.07, 6.45) is 0. The second-order valence-electron chi connectivity index (χ2n) is 8.96. The molecule has 2 heterocycles. The number of nitrogens with zero attached hydrogens (tertiary/aromatic N) is 2. The molecule has 4 aromatic rings. The van der Waals surface area contributed by atoms with Gasteiger partial charge in [0, 0.05) is 11.3 Å². The maximum Gasteiger partial charge on any atom is 0.294 e. The standard InChI is InChI=1S/C30H26N2O4S/c1-17-10-8-15-23(18(17)2)32-25(21-13-9-14-22(16-21)36-4)24(27(34)30(32)35)26(33)28-19(3)31-29(37-28)20-11-6-5-7-12-20/h5-16,25,34H,1-4H3. The van der Waals surface area contributed by atoms with Crippen LogP contribution in [-0.2, 0) is 4.79 Å². The van der Waals surface area contributed by atoms with Crippen LogP contribution in [-0.4, -0.2) is 28.9 Å². The summed E-state index contributed by atoms with van der Waals surface area (Å²) in [5.41, 5.74) is 4.67. The lowest BCUT2D eigenvalue weighted by atomic mass is 9.94. The molecule has 1 amide bonds. The highest BCUT2D eigenvalue weighted by Crippen LogP contribution is 2.45. The third kappa shape index (κ3) is 4.21. The molecule has 0 saturated carbocycles. The van der Waals surface area contributed by atoms with Crippen LogP contribution in [0, 0.1) is 20.8 Å². The van der Waals surface area contributed by atoms with Gasteiger partial charge in [0.05, 0.1) is 29.3 Å². The van der Waals surface area contributed by atoms with Gasteiger partial charge in [0.25, 0.3) is 5.91 Å². The van der Waals surface area contributed by atoms with E-state index in [0.717, 1.165) is 16.7 Å². The molecule has 37 heavy (non-hydrogen) atoms. The number of aromatic nitrogens is 1. The Kier molecular flexibility index (Phi) is 6.39. The summed E-state index contributed by atoms with van der Waals surface area (Å²) >= 11 is 1.26. The lowest BCUT2D eigenvalue weighted by molar-refractivity contribution is -0.117. The van der Waals surface area contributed by atoms with E-state index in [9.17, 15) is 14.7 Å². The van der Waals surface area contributed by atoms with E-state index in [4.69, 9.17) is 4.74 Å². The van der Waals surface area contributed by atoms with Gasteiger partial charge in [-0.3, -0.25) is 14.5 Å². The molecule has 0 radical (unpaired) electrons. The van der Waals surface area contributed by atoms with Crippen molar-refractivity contribution in [1.82, 2.24) is 4.98 Å². The summed E-state index contributed by atoms with van der Waals surface area (Å²) < 4.78 is 5.43. The van der Waals surface area contributed by atoms with Crippen LogP contribution in [0.2, 0.25) is 0 Å². The molecule has 0 fully saturated rings. The number of Topliss-reactive ketones (excluding diaryl/α,β-unsaturated/α-hetero) is 1. The molecule has 7 heteroatoms. The van der Waals surface area contributed by atoms with Crippen molar-refractivity contribution in [3.05, 3.63) is 111 Å². The first kappa shape index (κ1) is 24.5. The van der Waals surface area contributed by atoms with Crippen molar-refractivity contribution in [2.75, 3.05) is 12.0 Å². The van der Waals surface area contributed by atoms with E-state index in [0.29, 0.717) is 32.6 Å². The summed E-state index contributed by atoms with van der Waals surface area (Å²) in [6, 6.07) is 21.7. The van der Waals surface area contributed by atoms with Crippen LogP contribution < -0.4 is 9.64 Å². The smallest absolute Gasteiger partial charge is 0.294 e. The van der Waals surface area contributed by atoms with Crippen LogP contribution in [0.4, 0.5) is 5.69 Å². The highest BCUT2D eigenvalue weighted by Gasteiger charge is 2.46. The van der Waals surface area contributed by atoms with Crippen LogP contribution in [0.3, 0.4) is 0 Å². The number of hydrogen-bond donors (Lipinski definition) is 1. The zero-order valence-corrected chi connectivity index (χ0v) is 21.8. The highest BCUT2D eigenvalue weighted by atomic mass is 32.1. The number of aliphatic hydroxyl groups excluding tert-OH is 1. The van der Waals surface area contributed by atoms with E-state index < -0.39 is 23.5 Å². The normalized spacial score (nSPS) is 15.4. The van der Waals surface area contributed by atoms with Crippen LogP contribution in [0.15, 0.2) is 84.1 Å². The molecule has 186 valence electrons. The SMILES string of the molecule is COc1cccc(C2C(C(=O)c3sc(-c4ccccc4)nc3C)=C(O)C(=O)N2c2cccc(C)c2C)c1. The van der Waals surface area contributed by atoms with Crippen molar-refractivity contribution in [2.24, 2.45) is 0 Å². The number of anilines is 1. The van der Waals surface area contributed by atoms with E-state index in [1.54, 1.807) is 26.2 Å². The van der Waals surface area contributed by atoms with E-state index in [2.05, 4.69) is 4.98 Å². The molecule has 1 aliphatic rings. The van der Waals surface area contributed by atoms with Crippen LogP contribution in [0.5, 0.6) is 5.75 Å². The number of thiazole rings is 1. The average Bonchev–Trinajstić information content (AvgIpc) is 3.43. The minimum Gasteiger partial charge on any atom is -0.503 e. The Bertz CT molecular complexity index is 1560. The molecule has 0 spiro atoms. The molecule has 1 unspecified atom stereocenters. The number of methoxy groups -OCH3 is 1. The van der Waals surface area contributed by atoms with E-state index in [1.165, 1.54) is 16.2 Å². The first-order chi connectivity index (χ1) is 17.8. The fourth-order valence-electron chi connectivity index (χ4n) is 4.64. The van der Waals surface area contributed by atoms with Gasteiger partial charge in [-0.25, -0.2) is 4.98 Å². The third-order valence-electron chi connectivity index (χ3n) is 6.72. The van der Waals surface area contributed by atoms with Crippen molar-refractivity contribution in [1.29, 1.82) is 0 Å². The number of hydrogen-bond acceptors (Lipinski definition) is 6. The Morgan fingerprint density at radius 3 is 2.46 bits per heavy atom. The summed E-state index contributed by atoms with van der Waals surface area (Å²) in [5, 5.41) is 11.9. The number of rotatable bonds is 6. The topological polar surface area (TPSA) is 79.7 Å². The van der Waals surface area contributed by atoms with Crippen molar-refractivity contribution in [3.63, 3.8) is 0 Å². The molecule has 0 saturated heterocycles. The summed E-state index contributed by atoms with van der Waals surface area (Å²) in [5.74, 6) is -0.990. The zero-order chi connectivity index (χ0) is 26.3. The fourth-order valence-corrected chi connectivity index (χ4v) is 5.67. The van der Waals surface area contributed by atoms with Gasteiger partial charge in [-0.05, 0) is 55.7 Å². The summed E-state index contributed by atoms with van der Waals surface area (Å²) in [6.45, 7) is 5.66. The lowest BCUT2D eigenvalue weighted by Gasteiger charge is -2.29. The number of aliphatic hydroxyl groups is 1. The Hall–Kier alpha value is -4.23. The molecule has 5 rings (SSSR count). The van der Waals surface area contributed by atoms with E-state index in [1.807, 2.05) is 74.5 Å². The molecule has 6 nitrogen and oxygen atoms in total. The van der Waals surface area contributed by atoms with Gasteiger partial charge < -0.3 is 9.84 Å². The molecule has 1 aliphatic heterocycles. The quantitative estimate of drug-likeness (QED) is 0.299. The molecular formula is C30H26N2O4S. The van der Waals surface area contributed by atoms with Gasteiger partial charge in [-0.15, -0.1) is 11.3 Å². The average molecular weight is 511 g/mol. The van der Waals surface area contributed by atoms with Crippen LogP contribution >= 0.6 is 11.3 Å². The van der Waals surface area contributed by atoms with Crippen LogP contribution in [0.1, 0.15) is 38.1 Å². The number of ether oxygens (including phenoxy) is 1. The van der Waals surface area contributed by atoms with Gasteiger partial charge in [0.2, 0.25) is 5.78 Å². The summed E-state index contributed by atoms with van der Waals surface area (Å²) in [7, 11) is 1.56. The Labute approximate surface area is 219 Å². The lowest BCUT2D eigenvalue weighted by Crippen LogP contribution is -2.31. The number of carbonyl (C=O) groups is 2. The van der Waals surface area contributed by atoms with Gasteiger partial charge in [-0.2, -0.15) is 0 Å². The van der Waals surface area contributed by atoms with Crippen molar-refractivity contribution in [2.45, 2.75) is 26.8 Å². The number of benzene rings is 3. The van der Waals surface area contributed by atoms with Crippen molar-refractivity contribution in [3.8, 4) is 16.3 Å². The van der Waals surface area contributed by atoms with Crippen molar-refractivity contribution >= 4 is 28.7 Å². The Morgan fingerprint density at radius 1 is 1.00 bits per heavy atom. The molecule has 1 N–H and O–H groups in total. The monoisotopic (exact) mass is 510 g/mol. The minimum absolute atomic E-state index is 0.0329. The first-order valence-electron chi connectivity index (χ1n) is 11.9. The van der Waals surface area contributed by atoms with Gasteiger partial charge >= 0.3 is 0 Å². The molecule has 1 aromatic heterocycles. The highest BCUT2D eigenvalue weighted by molar-refractivity contribution is 7.17. The Morgan fingerprint density at radius 2 is 1.73 bits per heavy atom. The number of carbonyl (C=O) groups excluding carboxylic acids is 2. The minimum atomic E-state index is -0.836. The molecule has 3 aromatic carbocycles. The predicted molar refractivity (Wildman–Crippen MR) is 145 cm³/mol. The van der Waals surface area contributed by atoms with E-state index >= 15 is 0 Å². The van der Waals surface area contributed by atoms with E-state index in [-0.39, 0.29) is 5.57 Å². The largest absolute Gasteiger partial charge is 0.503 e. The Balaban J connectivity index is 1.67. The van der Waals surface area contributed by atoms with Crippen LogP contribution in [0.25, 0.3) is 10.6 Å². The molecule has 0 bridgehead atoms. The molecule has 0 aliphatic carbocycles.